The van der Waals surface area contributed by atoms with Crippen LogP contribution in [0.3, 0.4) is 0 Å². The highest BCUT2D eigenvalue weighted by molar-refractivity contribution is 5.94. The number of aryl methyl sites for hydroxylation is 1. The van der Waals surface area contributed by atoms with Gasteiger partial charge in [0, 0.05) is 55.6 Å². The second-order valence-electron chi connectivity index (χ2n) is 6.76. The zero-order valence-electron chi connectivity index (χ0n) is 15.7. The Balaban J connectivity index is 1.56. The Bertz CT molecular complexity index is 964. The van der Waals surface area contributed by atoms with E-state index in [0.717, 1.165) is 30.8 Å². The molecule has 28 heavy (non-hydrogen) atoms. The zero-order chi connectivity index (χ0) is 19.3. The molecule has 0 unspecified atom stereocenters. The molecule has 0 radical (unpaired) electrons. The van der Waals surface area contributed by atoms with Crippen LogP contribution in [0, 0.1) is 6.92 Å². The van der Waals surface area contributed by atoms with Gasteiger partial charge in [-0.2, -0.15) is 0 Å². The van der Waals surface area contributed by atoms with Crippen LogP contribution in [0.1, 0.15) is 40.5 Å². The van der Waals surface area contributed by atoms with E-state index in [1.54, 1.807) is 43.1 Å². The maximum atomic E-state index is 12.8. The van der Waals surface area contributed by atoms with Crippen molar-refractivity contribution in [3.8, 4) is 11.6 Å². The molecule has 0 aliphatic carbocycles. The van der Waals surface area contributed by atoms with Crippen LogP contribution in [0.2, 0.25) is 0 Å². The second-order valence-corrected chi connectivity index (χ2v) is 6.76. The molecule has 0 spiro atoms. The molecule has 3 aromatic heterocycles. The minimum absolute atomic E-state index is 0.0153. The summed E-state index contributed by atoms with van der Waals surface area (Å²) in [6, 6.07) is 7.18. The normalized spacial score (nSPS) is 16.6. The Hall–Kier alpha value is -3.35. The van der Waals surface area contributed by atoms with Crippen molar-refractivity contribution in [2.45, 2.75) is 25.7 Å². The van der Waals surface area contributed by atoms with Crippen molar-refractivity contribution in [3.63, 3.8) is 0 Å². The maximum absolute atomic E-state index is 12.8. The molecule has 1 aliphatic heterocycles. The topological polar surface area (TPSA) is 81.1 Å². The Morgan fingerprint density at radius 2 is 1.89 bits per heavy atom. The number of likely N-dealkylation sites (tertiary alicyclic amines) is 1. The second kappa shape index (κ2) is 8.12. The molecule has 1 atom stereocenters. The fourth-order valence-electron chi connectivity index (χ4n) is 3.44. The first-order valence-electron chi connectivity index (χ1n) is 9.32. The molecule has 7 nitrogen and oxygen atoms in total. The molecule has 0 aromatic carbocycles. The van der Waals surface area contributed by atoms with Crippen molar-refractivity contribution >= 4 is 5.91 Å². The van der Waals surface area contributed by atoms with E-state index in [2.05, 4.69) is 19.9 Å². The summed E-state index contributed by atoms with van der Waals surface area (Å²) in [6.07, 6.45) is 10.1. The van der Waals surface area contributed by atoms with Gasteiger partial charge in [-0.3, -0.25) is 19.7 Å². The largest absolute Gasteiger partial charge is 0.435 e. The Kier molecular flexibility index (Phi) is 5.23. The average molecular weight is 375 g/mol. The lowest BCUT2D eigenvalue weighted by molar-refractivity contribution is 0.0704. The molecule has 1 saturated heterocycles. The number of amides is 1. The quantitative estimate of drug-likeness (QED) is 0.695. The first kappa shape index (κ1) is 18.0. The zero-order valence-corrected chi connectivity index (χ0v) is 15.7. The highest BCUT2D eigenvalue weighted by Gasteiger charge is 2.29. The van der Waals surface area contributed by atoms with Crippen molar-refractivity contribution in [2.75, 3.05) is 13.1 Å². The fraction of sp³-hybridized carbons (Fsp3) is 0.286. The van der Waals surface area contributed by atoms with Crippen LogP contribution in [0.25, 0.3) is 0 Å². The fourth-order valence-corrected chi connectivity index (χ4v) is 3.44. The number of nitrogens with zero attached hydrogens (tertiary/aromatic N) is 5. The number of rotatable bonds is 4. The average Bonchev–Trinajstić information content (AvgIpc) is 2.76. The van der Waals surface area contributed by atoms with Crippen LogP contribution in [0.5, 0.6) is 11.6 Å². The van der Waals surface area contributed by atoms with Gasteiger partial charge in [-0.25, -0.2) is 4.98 Å². The smallest absolute Gasteiger partial charge is 0.253 e. The van der Waals surface area contributed by atoms with Gasteiger partial charge in [0.2, 0.25) is 5.88 Å². The summed E-state index contributed by atoms with van der Waals surface area (Å²) in [7, 11) is 0. The standard InChI is InChI=1S/C21H21N5O2/c1-15-18(5-2-8-23-15)28-20-19(24-11-12-25-20)17-4-3-13-26(14-17)21(27)16-6-9-22-10-7-16/h2,5-12,17H,3-4,13-14H2,1H3/t17-/m1/s1. The molecule has 0 saturated carbocycles. The molecule has 1 amide bonds. The Labute approximate surface area is 163 Å². The van der Waals surface area contributed by atoms with Gasteiger partial charge in [0.05, 0.1) is 5.69 Å². The summed E-state index contributed by atoms with van der Waals surface area (Å²) in [5.41, 5.74) is 2.22. The highest BCUT2D eigenvalue weighted by atomic mass is 16.5. The van der Waals surface area contributed by atoms with Crippen molar-refractivity contribution in [1.29, 1.82) is 0 Å². The molecular formula is C21H21N5O2. The summed E-state index contributed by atoms with van der Waals surface area (Å²) in [5.74, 6) is 1.22. The number of carbonyl (C=O) groups is 1. The summed E-state index contributed by atoms with van der Waals surface area (Å²) >= 11 is 0. The van der Waals surface area contributed by atoms with Gasteiger partial charge in [0.25, 0.3) is 5.91 Å². The number of pyridine rings is 2. The van der Waals surface area contributed by atoms with Gasteiger partial charge in [-0.1, -0.05) is 0 Å². The summed E-state index contributed by atoms with van der Waals surface area (Å²) < 4.78 is 6.03. The molecule has 1 fully saturated rings. The molecule has 0 N–H and O–H groups in total. The molecule has 1 aliphatic rings. The molecule has 142 valence electrons. The van der Waals surface area contributed by atoms with Gasteiger partial charge >= 0.3 is 0 Å². The van der Waals surface area contributed by atoms with Crippen LogP contribution >= 0.6 is 0 Å². The van der Waals surface area contributed by atoms with Crippen LogP contribution < -0.4 is 4.74 Å². The van der Waals surface area contributed by atoms with Crippen molar-refractivity contribution in [3.05, 3.63) is 72.2 Å². The van der Waals surface area contributed by atoms with Gasteiger partial charge in [-0.05, 0) is 44.0 Å². The monoisotopic (exact) mass is 375 g/mol. The van der Waals surface area contributed by atoms with Gasteiger partial charge in [-0.15, -0.1) is 0 Å². The summed E-state index contributed by atoms with van der Waals surface area (Å²) in [6.45, 7) is 3.21. The third-order valence-corrected chi connectivity index (χ3v) is 4.88. The van der Waals surface area contributed by atoms with E-state index in [9.17, 15) is 4.79 Å². The van der Waals surface area contributed by atoms with Crippen LogP contribution in [0.4, 0.5) is 0 Å². The number of ether oxygens (including phenoxy) is 1. The van der Waals surface area contributed by atoms with Crippen LogP contribution in [-0.2, 0) is 0 Å². The molecule has 0 bridgehead atoms. The number of hydrogen-bond acceptors (Lipinski definition) is 6. The third-order valence-electron chi connectivity index (χ3n) is 4.88. The van der Waals surface area contributed by atoms with Gasteiger partial charge in [0.1, 0.15) is 5.69 Å². The minimum atomic E-state index is 0.0153. The summed E-state index contributed by atoms with van der Waals surface area (Å²) in [5, 5.41) is 0. The van der Waals surface area contributed by atoms with E-state index >= 15 is 0 Å². The van der Waals surface area contributed by atoms with E-state index < -0.39 is 0 Å². The van der Waals surface area contributed by atoms with E-state index in [1.165, 1.54) is 0 Å². The minimum Gasteiger partial charge on any atom is -0.435 e. The van der Waals surface area contributed by atoms with Crippen molar-refractivity contribution in [2.24, 2.45) is 0 Å². The molecule has 3 aromatic rings. The lowest BCUT2D eigenvalue weighted by atomic mass is 9.94. The summed E-state index contributed by atoms with van der Waals surface area (Å²) in [4.78, 5) is 31.9. The van der Waals surface area contributed by atoms with Crippen LogP contribution in [-0.4, -0.2) is 43.8 Å². The maximum Gasteiger partial charge on any atom is 0.253 e. The predicted molar refractivity (Wildman–Crippen MR) is 103 cm³/mol. The number of hydrogen-bond donors (Lipinski definition) is 0. The predicted octanol–water partition coefficient (Wildman–Crippen LogP) is 3.39. The first-order valence-corrected chi connectivity index (χ1v) is 9.32. The lowest BCUT2D eigenvalue weighted by Crippen LogP contribution is -2.39. The number of piperidine rings is 1. The van der Waals surface area contributed by atoms with Gasteiger partial charge in [0.15, 0.2) is 5.75 Å². The van der Waals surface area contributed by atoms with E-state index in [4.69, 9.17) is 4.74 Å². The van der Waals surface area contributed by atoms with E-state index in [-0.39, 0.29) is 11.8 Å². The Morgan fingerprint density at radius 1 is 1.07 bits per heavy atom. The van der Waals surface area contributed by atoms with Crippen LogP contribution in [0.15, 0.2) is 55.2 Å². The van der Waals surface area contributed by atoms with E-state index in [0.29, 0.717) is 23.7 Å². The van der Waals surface area contributed by atoms with E-state index in [1.807, 2.05) is 24.0 Å². The molecular weight excluding hydrogens is 354 g/mol. The number of carbonyl (C=O) groups excluding carboxylic acids is 1. The third kappa shape index (κ3) is 3.83. The molecule has 7 heteroatoms. The first-order chi connectivity index (χ1) is 13.7. The highest BCUT2D eigenvalue weighted by Crippen LogP contribution is 2.33. The Morgan fingerprint density at radius 3 is 2.71 bits per heavy atom. The van der Waals surface area contributed by atoms with Crippen molar-refractivity contribution < 1.29 is 9.53 Å². The lowest BCUT2D eigenvalue weighted by Gasteiger charge is -2.32. The molecule has 4 heterocycles. The van der Waals surface area contributed by atoms with Gasteiger partial charge < -0.3 is 9.64 Å². The molecule has 4 rings (SSSR count). The number of aromatic nitrogens is 4. The SMILES string of the molecule is Cc1ncccc1Oc1nccnc1[C@@H]1CCCN(C(=O)c2ccncc2)C1. The van der Waals surface area contributed by atoms with Crippen molar-refractivity contribution in [1.82, 2.24) is 24.8 Å².